The molecule has 1 aromatic carbocycles. The van der Waals surface area contributed by atoms with Crippen molar-refractivity contribution in [1.82, 2.24) is 19.7 Å². The zero-order chi connectivity index (χ0) is 22.2. The average Bonchev–Trinajstić information content (AvgIpc) is 3.28. The minimum absolute atomic E-state index is 0.346. The molecule has 0 saturated carbocycles. The van der Waals surface area contributed by atoms with Gasteiger partial charge in [-0.15, -0.1) is 5.10 Å². The third-order valence-electron chi connectivity index (χ3n) is 4.74. The lowest BCUT2D eigenvalue weighted by Crippen LogP contribution is -2.33. The predicted octanol–water partition coefficient (Wildman–Crippen LogP) is 3.36. The van der Waals surface area contributed by atoms with Crippen molar-refractivity contribution in [3.05, 3.63) is 65.5 Å². The molecule has 2 amide bonds. The van der Waals surface area contributed by atoms with Crippen LogP contribution in [-0.2, 0) is 17.8 Å². The highest BCUT2D eigenvalue weighted by Gasteiger charge is 2.33. The van der Waals surface area contributed by atoms with E-state index in [0.29, 0.717) is 30.3 Å². The highest BCUT2D eigenvalue weighted by Crippen LogP contribution is 2.33. The van der Waals surface area contributed by atoms with Crippen LogP contribution in [0.1, 0.15) is 42.4 Å². The van der Waals surface area contributed by atoms with Gasteiger partial charge in [-0.3, -0.25) is 9.69 Å². The fraction of sp³-hybridized carbons (Fsp3) is 0.273. The fourth-order valence-electron chi connectivity index (χ4n) is 3.34. The molecular weight excluding hydrogens is 396 g/mol. The number of primary amides is 1. The Morgan fingerprint density at radius 3 is 2.45 bits per heavy atom. The Hall–Kier alpha value is -3.88. The molecule has 0 fully saturated rings. The lowest BCUT2D eigenvalue weighted by atomic mass is 10.2. The summed E-state index contributed by atoms with van der Waals surface area (Å²) < 4.78 is 7.30. The van der Waals surface area contributed by atoms with Gasteiger partial charge in [0.25, 0.3) is 0 Å². The summed E-state index contributed by atoms with van der Waals surface area (Å²) in [4.78, 5) is 30.0. The Balaban J connectivity index is 1.69. The maximum atomic E-state index is 12.7. The normalized spacial score (nSPS) is 13.1. The van der Waals surface area contributed by atoms with E-state index in [1.165, 1.54) is 0 Å². The number of hydrogen-bond acceptors (Lipinski definition) is 6. The molecule has 0 saturated heterocycles. The van der Waals surface area contributed by atoms with Gasteiger partial charge in [0.05, 0.1) is 24.5 Å². The van der Waals surface area contributed by atoms with Crippen LogP contribution in [0.15, 0.2) is 48.7 Å². The summed E-state index contributed by atoms with van der Waals surface area (Å²) in [5.41, 5.74) is 7.67. The van der Waals surface area contributed by atoms with Gasteiger partial charge in [-0.25, -0.2) is 14.5 Å². The molecule has 2 aromatic heterocycles. The maximum absolute atomic E-state index is 12.7. The molecule has 3 aromatic rings. The Bertz CT molecular complexity index is 1120. The average molecular weight is 420 g/mol. The second-order valence-electron chi connectivity index (χ2n) is 8.27. The number of anilines is 2. The second kappa shape index (κ2) is 7.75. The van der Waals surface area contributed by atoms with E-state index < -0.39 is 11.5 Å². The van der Waals surface area contributed by atoms with E-state index in [9.17, 15) is 9.59 Å². The van der Waals surface area contributed by atoms with Crippen LogP contribution in [0.4, 0.5) is 16.4 Å². The van der Waals surface area contributed by atoms with Crippen LogP contribution in [0.3, 0.4) is 0 Å². The SMILES string of the molecule is CC(C)(C)OC(=O)N1Cc2c(Nc3ccccn3)nn(-c3ccc(C(N)=O)cc3)c2C1. The number of pyridine rings is 1. The standard InChI is InChI=1S/C22H24N6O3/c1-22(2,3)31-21(30)27-12-16-17(13-27)28(15-9-7-14(8-10-15)19(23)29)26-20(16)25-18-6-4-5-11-24-18/h4-11H,12-13H2,1-3H3,(H2,23,29)(H,24,25,26). The van der Waals surface area contributed by atoms with E-state index in [1.807, 2.05) is 39.0 Å². The number of aromatic nitrogens is 3. The summed E-state index contributed by atoms with van der Waals surface area (Å²) in [7, 11) is 0. The number of carbonyl (C=O) groups excluding carboxylic acids is 2. The summed E-state index contributed by atoms with van der Waals surface area (Å²) in [6, 6.07) is 12.4. The van der Waals surface area contributed by atoms with Gasteiger partial charge in [0.2, 0.25) is 5.91 Å². The van der Waals surface area contributed by atoms with Crippen LogP contribution < -0.4 is 11.1 Å². The van der Waals surface area contributed by atoms with Crippen molar-refractivity contribution in [2.45, 2.75) is 39.5 Å². The first-order valence-corrected chi connectivity index (χ1v) is 9.88. The summed E-state index contributed by atoms with van der Waals surface area (Å²) in [5.74, 6) is 0.763. The van der Waals surface area contributed by atoms with Gasteiger partial charge in [-0.1, -0.05) is 6.07 Å². The maximum Gasteiger partial charge on any atom is 0.410 e. The Kier molecular flexibility index (Phi) is 5.10. The molecule has 1 aliphatic heterocycles. The molecule has 160 valence electrons. The van der Waals surface area contributed by atoms with Crippen molar-refractivity contribution in [3.63, 3.8) is 0 Å². The van der Waals surface area contributed by atoms with E-state index in [1.54, 1.807) is 40.0 Å². The number of carbonyl (C=O) groups is 2. The molecule has 0 aliphatic carbocycles. The van der Waals surface area contributed by atoms with Gasteiger partial charge in [-0.2, -0.15) is 0 Å². The molecule has 1 aliphatic rings. The van der Waals surface area contributed by atoms with Crippen molar-refractivity contribution in [1.29, 1.82) is 0 Å². The topological polar surface area (TPSA) is 115 Å². The van der Waals surface area contributed by atoms with E-state index in [4.69, 9.17) is 15.6 Å². The number of hydrogen-bond donors (Lipinski definition) is 2. The molecule has 0 unspecified atom stereocenters. The number of ether oxygens (including phenoxy) is 1. The van der Waals surface area contributed by atoms with Crippen molar-refractivity contribution in [3.8, 4) is 5.69 Å². The van der Waals surface area contributed by atoms with Gasteiger partial charge in [-0.05, 0) is 57.2 Å². The molecule has 3 heterocycles. The van der Waals surface area contributed by atoms with E-state index in [0.717, 1.165) is 16.9 Å². The molecule has 9 heteroatoms. The molecule has 3 N–H and O–H groups in total. The smallest absolute Gasteiger partial charge is 0.410 e. The summed E-state index contributed by atoms with van der Waals surface area (Å²) >= 11 is 0. The fourth-order valence-corrected chi connectivity index (χ4v) is 3.34. The van der Waals surface area contributed by atoms with Gasteiger partial charge in [0.1, 0.15) is 11.4 Å². The number of nitrogens with zero attached hydrogens (tertiary/aromatic N) is 4. The minimum atomic E-state index is -0.586. The quantitative estimate of drug-likeness (QED) is 0.669. The predicted molar refractivity (Wildman–Crippen MR) is 115 cm³/mol. The molecule has 0 bridgehead atoms. The second-order valence-corrected chi connectivity index (χ2v) is 8.27. The van der Waals surface area contributed by atoms with Crippen molar-refractivity contribution >= 4 is 23.6 Å². The molecule has 4 rings (SSSR count). The largest absolute Gasteiger partial charge is 0.444 e. The molecule has 0 atom stereocenters. The molecule has 0 spiro atoms. The van der Waals surface area contributed by atoms with E-state index >= 15 is 0 Å². The van der Waals surface area contributed by atoms with Crippen LogP contribution in [0, 0.1) is 0 Å². The first kappa shape index (κ1) is 20.4. The highest BCUT2D eigenvalue weighted by molar-refractivity contribution is 5.92. The van der Waals surface area contributed by atoms with E-state index in [-0.39, 0.29) is 6.09 Å². The van der Waals surface area contributed by atoms with Crippen LogP contribution >= 0.6 is 0 Å². The van der Waals surface area contributed by atoms with Crippen LogP contribution in [-0.4, -0.2) is 37.3 Å². The number of benzene rings is 1. The third-order valence-corrected chi connectivity index (χ3v) is 4.74. The Labute approximate surface area is 179 Å². The van der Waals surface area contributed by atoms with Gasteiger partial charge >= 0.3 is 6.09 Å². The zero-order valence-corrected chi connectivity index (χ0v) is 17.6. The first-order chi connectivity index (χ1) is 14.7. The van der Waals surface area contributed by atoms with Crippen molar-refractivity contribution in [2.75, 3.05) is 5.32 Å². The van der Waals surface area contributed by atoms with Crippen LogP contribution in [0.5, 0.6) is 0 Å². The first-order valence-electron chi connectivity index (χ1n) is 9.88. The third kappa shape index (κ3) is 4.35. The lowest BCUT2D eigenvalue weighted by Gasteiger charge is -2.24. The highest BCUT2D eigenvalue weighted by atomic mass is 16.6. The summed E-state index contributed by atoms with van der Waals surface area (Å²) in [5, 5.41) is 7.95. The molecule has 31 heavy (non-hydrogen) atoms. The van der Waals surface area contributed by atoms with E-state index in [2.05, 4.69) is 10.3 Å². The summed E-state index contributed by atoms with van der Waals surface area (Å²) in [6.07, 6.45) is 1.30. The molecule has 0 radical (unpaired) electrons. The number of nitrogens with one attached hydrogen (secondary N) is 1. The van der Waals surface area contributed by atoms with Gasteiger partial charge < -0.3 is 15.8 Å². The van der Waals surface area contributed by atoms with Gasteiger partial charge in [0, 0.05) is 17.3 Å². The summed E-state index contributed by atoms with van der Waals surface area (Å²) in [6.45, 7) is 6.22. The monoisotopic (exact) mass is 420 g/mol. The number of nitrogens with two attached hydrogens (primary N) is 1. The van der Waals surface area contributed by atoms with Gasteiger partial charge in [0.15, 0.2) is 5.82 Å². The number of fused-ring (bicyclic) bond motifs is 1. The van der Waals surface area contributed by atoms with Crippen LogP contribution in [0.25, 0.3) is 5.69 Å². The Morgan fingerprint density at radius 2 is 1.84 bits per heavy atom. The van der Waals surface area contributed by atoms with Crippen LogP contribution in [0.2, 0.25) is 0 Å². The molecular formula is C22H24N6O3. The lowest BCUT2D eigenvalue weighted by molar-refractivity contribution is 0.0239. The Morgan fingerprint density at radius 1 is 1.10 bits per heavy atom. The minimum Gasteiger partial charge on any atom is -0.444 e. The van der Waals surface area contributed by atoms with Crippen molar-refractivity contribution in [2.24, 2.45) is 5.73 Å². The number of amides is 2. The zero-order valence-electron chi connectivity index (χ0n) is 17.6. The number of rotatable bonds is 4. The van der Waals surface area contributed by atoms with Crippen molar-refractivity contribution < 1.29 is 14.3 Å². The molecule has 9 nitrogen and oxygen atoms in total.